The van der Waals surface area contributed by atoms with Crippen molar-refractivity contribution in [1.29, 1.82) is 0 Å². The summed E-state index contributed by atoms with van der Waals surface area (Å²) in [7, 11) is 0. The summed E-state index contributed by atoms with van der Waals surface area (Å²) in [5.41, 5.74) is 1.86. The number of phenolic OH excluding ortho intramolecular Hbond substituents is 1. The highest BCUT2D eigenvalue weighted by molar-refractivity contribution is 5.67. The van der Waals surface area contributed by atoms with Crippen LogP contribution in [0.5, 0.6) is 5.75 Å². The predicted octanol–water partition coefficient (Wildman–Crippen LogP) is 1.49. The zero-order valence-corrected chi connectivity index (χ0v) is 7.16. The van der Waals surface area contributed by atoms with Crippen molar-refractivity contribution in [2.24, 2.45) is 0 Å². The molecule has 0 aromatic rings. The summed E-state index contributed by atoms with van der Waals surface area (Å²) < 4.78 is 0. The van der Waals surface area contributed by atoms with Crippen molar-refractivity contribution >= 4 is 0 Å². The topological polar surface area (TPSA) is 53.1 Å². The Kier molecular flexibility index (Phi) is 1.59. The van der Waals surface area contributed by atoms with Crippen LogP contribution in [0.25, 0.3) is 11.3 Å². The molecule has 1 aliphatic heterocycles. The van der Waals surface area contributed by atoms with Crippen LogP contribution in [0.15, 0.2) is 29.1 Å². The molecule has 2 N–H and O–H groups in total. The summed E-state index contributed by atoms with van der Waals surface area (Å²) >= 11 is 0. The van der Waals surface area contributed by atoms with E-state index in [-0.39, 0.29) is 11.2 Å². The van der Waals surface area contributed by atoms with E-state index < -0.39 is 0 Å². The number of fused-ring (bicyclic) bond motifs is 1. The molecule has 0 fully saturated rings. The van der Waals surface area contributed by atoms with Gasteiger partial charge in [-0.1, -0.05) is 0 Å². The molecule has 0 unspecified atom stereocenters. The fraction of sp³-hybridized carbons (Fsp3) is 0.100. The van der Waals surface area contributed by atoms with Crippen molar-refractivity contribution < 1.29 is 5.11 Å². The number of hydrogen-bond donors (Lipinski definition) is 2. The molecule has 0 aromatic heterocycles. The molecule has 2 rings (SSSR count). The Morgan fingerprint density at radius 2 is 2.00 bits per heavy atom. The average molecular weight is 175 g/mol. The van der Waals surface area contributed by atoms with Gasteiger partial charge in [0, 0.05) is 11.3 Å². The SMILES string of the molecule is Cc1ccc2c(=O)ccc(O)c-2[nH]1. The van der Waals surface area contributed by atoms with Crippen LogP contribution in [0, 0.1) is 6.92 Å². The van der Waals surface area contributed by atoms with Gasteiger partial charge in [-0.3, -0.25) is 4.79 Å². The predicted molar refractivity (Wildman–Crippen MR) is 50.1 cm³/mol. The quantitative estimate of drug-likeness (QED) is 0.637. The minimum absolute atomic E-state index is 0.0796. The molecule has 3 heteroatoms. The highest BCUT2D eigenvalue weighted by Gasteiger charge is 2.09. The number of hydrogen-bond acceptors (Lipinski definition) is 2. The number of rotatable bonds is 0. The summed E-state index contributed by atoms with van der Waals surface area (Å²) in [6, 6.07) is 6.29. The van der Waals surface area contributed by atoms with E-state index in [2.05, 4.69) is 4.98 Å². The molecule has 0 saturated heterocycles. The molecule has 3 nitrogen and oxygen atoms in total. The lowest BCUT2D eigenvalue weighted by atomic mass is 10.1. The molecule has 0 radical (unpaired) electrons. The Morgan fingerprint density at radius 3 is 2.77 bits per heavy atom. The number of aromatic nitrogens is 1. The number of phenols is 1. The molecule has 1 heterocycles. The smallest absolute Gasteiger partial charge is 0.188 e. The first kappa shape index (κ1) is 7.86. The van der Waals surface area contributed by atoms with E-state index in [1.807, 2.05) is 13.0 Å². The summed E-state index contributed by atoms with van der Waals surface area (Å²) in [6.45, 7) is 1.87. The number of pyridine rings is 1. The Bertz CT molecular complexity index is 473. The van der Waals surface area contributed by atoms with E-state index in [9.17, 15) is 9.90 Å². The zero-order valence-electron chi connectivity index (χ0n) is 7.16. The summed E-state index contributed by atoms with van der Waals surface area (Å²) in [6.07, 6.45) is 0. The van der Waals surface area contributed by atoms with Gasteiger partial charge in [-0.2, -0.15) is 0 Å². The number of aromatic amines is 1. The highest BCUT2D eigenvalue weighted by atomic mass is 16.3. The number of benzene rings is 1. The molecule has 0 aromatic carbocycles. The molecule has 0 amide bonds. The number of aryl methyl sites for hydroxylation is 1. The lowest BCUT2D eigenvalue weighted by Gasteiger charge is -2.07. The van der Waals surface area contributed by atoms with Crippen LogP contribution in [0.4, 0.5) is 0 Å². The van der Waals surface area contributed by atoms with E-state index in [1.54, 1.807) is 6.07 Å². The molecule has 0 spiro atoms. The van der Waals surface area contributed by atoms with Gasteiger partial charge in [0.2, 0.25) is 0 Å². The van der Waals surface area contributed by atoms with E-state index >= 15 is 0 Å². The van der Waals surface area contributed by atoms with Crippen LogP contribution >= 0.6 is 0 Å². The number of H-pyrrole nitrogens is 1. The number of nitrogens with one attached hydrogen (secondary N) is 1. The van der Waals surface area contributed by atoms with Crippen LogP contribution < -0.4 is 5.43 Å². The lowest BCUT2D eigenvalue weighted by molar-refractivity contribution is 0.475. The maximum absolute atomic E-state index is 11.3. The third-order valence-corrected chi connectivity index (χ3v) is 2.01. The van der Waals surface area contributed by atoms with Crippen molar-refractivity contribution in [3.05, 3.63) is 40.2 Å². The van der Waals surface area contributed by atoms with Crippen LogP contribution in [-0.4, -0.2) is 10.1 Å². The van der Waals surface area contributed by atoms with Crippen molar-refractivity contribution in [3.8, 4) is 17.0 Å². The summed E-state index contributed by atoms with van der Waals surface area (Å²) in [5.74, 6) is 0.110. The standard InChI is InChI=1S/C10H9NO2/c1-6-2-3-7-8(12)4-5-9(13)10(7)11-6/h2-5,11,13H,1H3. The summed E-state index contributed by atoms with van der Waals surface area (Å²) in [4.78, 5) is 14.3. The van der Waals surface area contributed by atoms with Gasteiger partial charge >= 0.3 is 0 Å². The molecular formula is C10H9NO2. The second-order valence-corrected chi connectivity index (χ2v) is 3.01. The molecule has 0 saturated carbocycles. The van der Waals surface area contributed by atoms with Crippen LogP contribution in [0.1, 0.15) is 5.69 Å². The summed E-state index contributed by atoms with van der Waals surface area (Å²) in [5, 5.41) is 9.45. The van der Waals surface area contributed by atoms with Gasteiger partial charge in [-0.25, -0.2) is 0 Å². The van der Waals surface area contributed by atoms with Crippen molar-refractivity contribution in [2.45, 2.75) is 6.92 Å². The fourth-order valence-electron chi connectivity index (χ4n) is 1.33. The van der Waals surface area contributed by atoms with E-state index in [0.29, 0.717) is 11.3 Å². The molecule has 66 valence electrons. The second-order valence-electron chi connectivity index (χ2n) is 3.01. The Labute approximate surface area is 75.0 Å². The molecule has 13 heavy (non-hydrogen) atoms. The minimum atomic E-state index is -0.0796. The third kappa shape index (κ3) is 1.18. The van der Waals surface area contributed by atoms with Gasteiger partial charge in [-0.05, 0) is 31.2 Å². The van der Waals surface area contributed by atoms with Gasteiger partial charge < -0.3 is 10.1 Å². The molecule has 2 aliphatic rings. The van der Waals surface area contributed by atoms with Crippen LogP contribution in [0.3, 0.4) is 0 Å². The van der Waals surface area contributed by atoms with Crippen molar-refractivity contribution in [3.63, 3.8) is 0 Å². The molecule has 0 atom stereocenters. The van der Waals surface area contributed by atoms with E-state index in [4.69, 9.17) is 0 Å². The third-order valence-electron chi connectivity index (χ3n) is 2.01. The Hall–Kier alpha value is -1.77. The maximum Gasteiger partial charge on any atom is 0.188 e. The van der Waals surface area contributed by atoms with Crippen LogP contribution in [0.2, 0.25) is 0 Å². The van der Waals surface area contributed by atoms with E-state index in [1.165, 1.54) is 12.1 Å². The van der Waals surface area contributed by atoms with Gasteiger partial charge in [0.15, 0.2) is 5.43 Å². The molecular weight excluding hydrogens is 166 g/mol. The van der Waals surface area contributed by atoms with Gasteiger partial charge in [0.05, 0.1) is 5.69 Å². The van der Waals surface area contributed by atoms with Gasteiger partial charge in [-0.15, -0.1) is 0 Å². The second kappa shape index (κ2) is 2.62. The van der Waals surface area contributed by atoms with Gasteiger partial charge in [0.1, 0.15) is 5.75 Å². The monoisotopic (exact) mass is 175 g/mol. The molecule has 0 bridgehead atoms. The normalized spacial score (nSPS) is 10.5. The largest absolute Gasteiger partial charge is 0.506 e. The molecule has 1 aliphatic carbocycles. The first-order valence-electron chi connectivity index (χ1n) is 4.00. The Balaban J connectivity index is 2.91. The van der Waals surface area contributed by atoms with Crippen molar-refractivity contribution in [1.82, 2.24) is 4.98 Å². The minimum Gasteiger partial charge on any atom is -0.506 e. The Morgan fingerprint density at radius 1 is 1.23 bits per heavy atom. The first-order valence-corrected chi connectivity index (χ1v) is 4.00. The van der Waals surface area contributed by atoms with Crippen molar-refractivity contribution in [2.75, 3.05) is 0 Å². The lowest BCUT2D eigenvalue weighted by Crippen LogP contribution is -2.05. The zero-order chi connectivity index (χ0) is 9.42. The number of aromatic hydroxyl groups is 1. The first-order chi connectivity index (χ1) is 6.18. The van der Waals surface area contributed by atoms with E-state index in [0.717, 1.165) is 5.69 Å². The van der Waals surface area contributed by atoms with Gasteiger partial charge in [0.25, 0.3) is 0 Å². The van der Waals surface area contributed by atoms with Crippen LogP contribution in [-0.2, 0) is 0 Å². The fourth-order valence-corrected chi connectivity index (χ4v) is 1.33. The average Bonchev–Trinajstić information content (AvgIpc) is 2.12. The maximum atomic E-state index is 11.3. The highest BCUT2D eigenvalue weighted by Crippen LogP contribution is 2.25.